The van der Waals surface area contributed by atoms with Crippen molar-refractivity contribution >= 4 is 51.1 Å². The highest BCUT2D eigenvalue weighted by Gasteiger charge is 2.18. The molecule has 4 aromatic rings. The molecule has 2 heterocycles. The molecule has 0 saturated heterocycles. The van der Waals surface area contributed by atoms with E-state index < -0.39 is 0 Å². The van der Waals surface area contributed by atoms with Gasteiger partial charge in [0.05, 0.1) is 22.8 Å². The van der Waals surface area contributed by atoms with Crippen molar-refractivity contribution in [2.45, 2.75) is 6.92 Å². The quantitative estimate of drug-likeness (QED) is 0.434. The molecule has 0 fully saturated rings. The Hall–Kier alpha value is -2.54. The normalized spacial score (nSPS) is 11.0. The van der Waals surface area contributed by atoms with E-state index in [-0.39, 0.29) is 5.91 Å². The first kappa shape index (κ1) is 18.8. The Bertz CT molecular complexity index is 1180. The van der Waals surface area contributed by atoms with E-state index >= 15 is 0 Å². The summed E-state index contributed by atoms with van der Waals surface area (Å²) in [7, 11) is 1.63. The van der Waals surface area contributed by atoms with Crippen molar-refractivity contribution in [2.24, 2.45) is 0 Å². The first-order valence-electron chi connectivity index (χ1n) is 8.35. The van der Waals surface area contributed by atoms with Crippen LogP contribution in [0.1, 0.15) is 15.4 Å². The second-order valence-corrected chi connectivity index (χ2v) is 7.90. The highest BCUT2D eigenvalue weighted by Crippen LogP contribution is 2.30. The molecule has 0 radical (unpaired) electrons. The van der Waals surface area contributed by atoms with Gasteiger partial charge in [0, 0.05) is 23.1 Å². The van der Waals surface area contributed by atoms with E-state index in [1.807, 2.05) is 41.8 Å². The van der Waals surface area contributed by atoms with Crippen molar-refractivity contribution in [1.82, 2.24) is 9.38 Å². The molecule has 28 heavy (non-hydrogen) atoms. The molecule has 2 aromatic carbocycles. The predicted molar refractivity (Wildman–Crippen MR) is 114 cm³/mol. The summed E-state index contributed by atoms with van der Waals surface area (Å²) in [6.07, 6.45) is 1.93. The molecule has 0 atom stereocenters. The van der Waals surface area contributed by atoms with Gasteiger partial charge in [-0.2, -0.15) is 0 Å². The van der Waals surface area contributed by atoms with Gasteiger partial charge in [-0.3, -0.25) is 9.20 Å². The number of hydrogen-bond donors (Lipinski definition) is 1. The molecule has 0 aliphatic rings. The van der Waals surface area contributed by atoms with Crippen LogP contribution in [0.25, 0.3) is 16.2 Å². The smallest absolute Gasteiger partial charge is 0.267 e. The predicted octanol–water partition coefficient (Wildman–Crippen LogP) is 5.94. The zero-order valence-corrected chi connectivity index (χ0v) is 17.3. The minimum absolute atomic E-state index is 0.211. The molecule has 4 rings (SSSR count). The molecule has 5 nitrogen and oxygen atoms in total. The summed E-state index contributed by atoms with van der Waals surface area (Å²) in [4.78, 5) is 18.7. The minimum atomic E-state index is -0.211. The summed E-state index contributed by atoms with van der Waals surface area (Å²) in [5.74, 6) is 0.583. The Kier molecular flexibility index (Phi) is 5.02. The second-order valence-electron chi connectivity index (χ2n) is 6.11. The topological polar surface area (TPSA) is 55.6 Å². The van der Waals surface area contributed by atoms with Crippen LogP contribution in [0.4, 0.5) is 5.69 Å². The van der Waals surface area contributed by atoms with Crippen molar-refractivity contribution < 1.29 is 9.53 Å². The van der Waals surface area contributed by atoms with Gasteiger partial charge in [-0.25, -0.2) is 4.98 Å². The lowest BCUT2D eigenvalue weighted by Crippen LogP contribution is -2.11. The van der Waals surface area contributed by atoms with Crippen LogP contribution in [0.2, 0.25) is 10.0 Å². The van der Waals surface area contributed by atoms with Crippen LogP contribution < -0.4 is 10.1 Å². The van der Waals surface area contributed by atoms with Crippen molar-refractivity contribution in [1.29, 1.82) is 0 Å². The molecular weight excluding hydrogens is 417 g/mol. The zero-order chi connectivity index (χ0) is 19.8. The third-order valence-electron chi connectivity index (χ3n) is 4.33. The summed E-state index contributed by atoms with van der Waals surface area (Å²) in [5.41, 5.74) is 3.24. The van der Waals surface area contributed by atoms with E-state index in [1.165, 1.54) is 11.3 Å². The Balaban J connectivity index is 1.61. The number of fused-ring (bicyclic) bond motifs is 1. The monoisotopic (exact) mass is 431 g/mol. The number of nitrogens with one attached hydrogen (secondary N) is 1. The summed E-state index contributed by atoms with van der Waals surface area (Å²) in [5, 5.41) is 3.68. The van der Waals surface area contributed by atoms with Crippen LogP contribution in [-0.4, -0.2) is 22.4 Å². The number of nitrogens with zero attached hydrogens (tertiary/aromatic N) is 2. The highest BCUT2D eigenvalue weighted by molar-refractivity contribution is 7.19. The first-order chi connectivity index (χ1) is 13.5. The van der Waals surface area contributed by atoms with Crippen LogP contribution >= 0.6 is 34.5 Å². The van der Waals surface area contributed by atoms with E-state index in [1.54, 1.807) is 25.3 Å². The molecule has 1 N–H and O–H groups in total. The van der Waals surface area contributed by atoms with Crippen LogP contribution in [0.5, 0.6) is 5.75 Å². The Labute approximate surface area is 175 Å². The van der Waals surface area contributed by atoms with Gasteiger partial charge in [0.25, 0.3) is 5.91 Å². The number of imidazole rings is 1. The Morgan fingerprint density at radius 3 is 2.54 bits per heavy atom. The molecule has 0 bridgehead atoms. The molecule has 0 aliphatic carbocycles. The molecule has 0 spiro atoms. The van der Waals surface area contributed by atoms with Gasteiger partial charge in [-0.05, 0) is 49.4 Å². The SMILES string of the molecule is COc1ccc(-c2cn3c(C)c(C(=O)Nc4ccc(Cl)c(Cl)c4)sc3n2)cc1. The van der Waals surface area contributed by atoms with Crippen LogP contribution in [0, 0.1) is 6.92 Å². The van der Waals surface area contributed by atoms with Crippen LogP contribution in [-0.2, 0) is 0 Å². The van der Waals surface area contributed by atoms with Gasteiger partial charge in [0.2, 0.25) is 0 Å². The van der Waals surface area contributed by atoms with Gasteiger partial charge < -0.3 is 10.1 Å². The lowest BCUT2D eigenvalue weighted by Gasteiger charge is -2.05. The van der Waals surface area contributed by atoms with Gasteiger partial charge in [0.15, 0.2) is 4.96 Å². The first-order valence-corrected chi connectivity index (χ1v) is 9.93. The number of anilines is 1. The van der Waals surface area contributed by atoms with Crippen molar-refractivity contribution in [3.63, 3.8) is 0 Å². The van der Waals surface area contributed by atoms with E-state index in [0.29, 0.717) is 20.6 Å². The van der Waals surface area contributed by atoms with Gasteiger partial charge in [0.1, 0.15) is 10.6 Å². The molecular formula is C20H15Cl2N3O2S. The maximum Gasteiger partial charge on any atom is 0.267 e. The largest absolute Gasteiger partial charge is 0.497 e. The average Bonchev–Trinajstić information content (AvgIpc) is 3.24. The van der Waals surface area contributed by atoms with E-state index in [0.717, 1.165) is 27.7 Å². The average molecular weight is 432 g/mol. The number of thiazole rings is 1. The number of rotatable bonds is 4. The number of amides is 1. The third kappa shape index (κ3) is 3.46. The Morgan fingerprint density at radius 2 is 1.89 bits per heavy atom. The number of halogens is 2. The summed E-state index contributed by atoms with van der Waals surface area (Å²) in [6, 6.07) is 12.7. The third-order valence-corrected chi connectivity index (χ3v) is 6.22. The molecule has 1 amide bonds. The number of benzene rings is 2. The fraction of sp³-hybridized carbons (Fsp3) is 0.100. The Morgan fingerprint density at radius 1 is 1.14 bits per heavy atom. The fourth-order valence-corrected chi connectivity index (χ4v) is 4.13. The summed E-state index contributed by atoms with van der Waals surface area (Å²) in [6.45, 7) is 1.90. The maximum absolute atomic E-state index is 12.7. The molecule has 142 valence electrons. The molecule has 8 heteroatoms. The summed E-state index contributed by atoms with van der Waals surface area (Å²) >= 11 is 13.3. The zero-order valence-electron chi connectivity index (χ0n) is 15.0. The number of ether oxygens (including phenoxy) is 1. The molecule has 2 aromatic heterocycles. The summed E-state index contributed by atoms with van der Waals surface area (Å²) < 4.78 is 7.11. The number of hydrogen-bond acceptors (Lipinski definition) is 4. The van der Waals surface area contributed by atoms with Crippen molar-refractivity contribution in [2.75, 3.05) is 12.4 Å². The second kappa shape index (κ2) is 7.47. The van der Waals surface area contributed by atoms with Crippen molar-refractivity contribution in [3.05, 3.63) is 69.3 Å². The van der Waals surface area contributed by atoms with Gasteiger partial charge in [-0.15, -0.1) is 0 Å². The van der Waals surface area contributed by atoms with Crippen molar-refractivity contribution in [3.8, 4) is 17.0 Å². The molecule has 0 saturated carbocycles. The number of aromatic nitrogens is 2. The number of methoxy groups -OCH3 is 1. The fourth-order valence-electron chi connectivity index (χ4n) is 2.82. The van der Waals surface area contributed by atoms with E-state index in [4.69, 9.17) is 27.9 Å². The van der Waals surface area contributed by atoms with E-state index in [2.05, 4.69) is 10.3 Å². The molecule has 0 aliphatic heterocycles. The molecule has 0 unspecified atom stereocenters. The lowest BCUT2D eigenvalue weighted by atomic mass is 10.2. The maximum atomic E-state index is 12.7. The highest BCUT2D eigenvalue weighted by atomic mass is 35.5. The lowest BCUT2D eigenvalue weighted by molar-refractivity contribution is 0.102. The van der Waals surface area contributed by atoms with Crippen LogP contribution in [0.15, 0.2) is 48.7 Å². The minimum Gasteiger partial charge on any atom is -0.497 e. The van der Waals surface area contributed by atoms with Gasteiger partial charge in [-0.1, -0.05) is 34.5 Å². The van der Waals surface area contributed by atoms with E-state index in [9.17, 15) is 4.79 Å². The number of aryl methyl sites for hydroxylation is 1. The number of carbonyl (C=O) groups is 1. The van der Waals surface area contributed by atoms with Gasteiger partial charge >= 0.3 is 0 Å². The standard InChI is InChI=1S/C20H15Cl2N3O2S/c1-11-18(19(26)23-13-5-8-15(21)16(22)9-13)28-20-24-17(10-25(11)20)12-3-6-14(27-2)7-4-12/h3-10H,1-2H3,(H,23,26). The number of carbonyl (C=O) groups excluding carboxylic acids is 1. The van der Waals surface area contributed by atoms with Crippen LogP contribution in [0.3, 0.4) is 0 Å².